The maximum atomic E-state index is 11.1. The molecular weight excluding hydrogens is 254 g/mol. The fraction of sp³-hybridized carbons (Fsp3) is 0.500. The summed E-state index contributed by atoms with van der Waals surface area (Å²) in [6, 6.07) is 4.78. The zero-order chi connectivity index (χ0) is 13.3. The van der Waals surface area contributed by atoms with Crippen molar-refractivity contribution in [1.29, 1.82) is 0 Å². The molecule has 1 heterocycles. The second-order valence-electron chi connectivity index (χ2n) is 4.87. The topological polar surface area (TPSA) is 72.4 Å². The number of anilines is 1. The molecule has 2 rings (SSSR count). The van der Waals surface area contributed by atoms with Gasteiger partial charge in [-0.2, -0.15) is 0 Å². The fourth-order valence-corrected chi connectivity index (χ4v) is 2.84. The van der Waals surface area contributed by atoms with Gasteiger partial charge in [-0.05, 0) is 18.4 Å². The summed E-state index contributed by atoms with van der Waals surface area (Å²) >= 11 is 6.12. The highest BCUT2D eigenvalue weighted by atomic mass is 35.5. The van der Waals surface area contributed by atoms with Crippen LogP contribution in [0.15, 0.2) is 18.2 Å². The summed E-state index contributed by atoms with van der Waals surface area (Å²) < 4.78 is 0. The Morgan fingerprint density at radius 1 is 1.50 bits per heavy atom. The Kier molecular flexibility index (Phi) is 3.73. The number of nitrogens with zero attached hydrogens (tertiary/aromatic N) is 2. The molecular formula is C12H16ClN3O2. The van der Waals surface area contributed by atoms with Crippen LogP contribution < -0.4 is 10.6 Å². The van der Waals surface area contributed by atoms with E-state index in [1.54, 1.807) is 12.1 Å². The second kappa shape index (κ2) is 5.12. The second-order valence-corrected chi connectivity index (χ2v) is 5.28. The van der Waals surface area contributed by atoms with Gasteiger partial charge >= 0.3 is 0 Å². The molecule has 18 heavy (non-hydrogen) atoms. The SMILES string of the molecule is CC1CC(N)CN(c2c(Cl)cccc2[N+](=O)[O-])C1. The number of hydrogen-bond donors (Lipinski definition) is 1. The molecule has 1 aliphatic rings. The van der Waals surface area contributed by atoms with E-state index in [0.717, 1.165) is 13.0 Å². The number of benzene rings is 1. The molecule has 1 aromatic rings. The molecule has 0 aliphatic carbocycles. The Morgan fingerprint density at radius 2 is 2.22 bits per heavy atom. The van der Waals surface area contributed by atoms with Crippen molar-refractivity contribution in [2.24, 2.45) is 11.7 Å². The zero-order valence-electron chi connectivity index (χ0n) is 10.2. The fourth-order valence-electron chi connectivity index (χ4n) is 2.55. The molecule has 0 amide bonds. The molecule has 0 aromatic heterocycles. The first-order valence-corrected chi connectivity index (χ1v) is 6.30. The van der Waals surface area contributed by atoms with Crippen molar-refractivity contribution in [2.45, 2.75) is 19.4 Å². The van der Waals surface area contributed by atoms with Crippen LogP contribution in [0.2, 0.25) is 5.02 Å². The highest BCUT2D eigenvalue weighted by Gasteiger charge is 2.28. The predicted octanol–water partition coefficient (Wildman–Crippen LogP) is 2.42. The van der Waals surface area contributed by atoms with Crippen molar-refractivity contribution >= 4 is 23.0 Å². The first-order chi connectivity index (χ1) is 8.49. The Morgan fingerprint density at radius 3 is 2.83 bits per heavy atom. The van der Waals surface area contributed by atoms with Crippen molar-refractivity contribution in [3.63, 3.8) is 0 Å². The van der Waals surface area contributed by atoms with Crippen molar-refractivity contribution in [3.8, 4) is 0 Å². The summed E-state index contributed by atoms with van der Waals surface area (Å²) in [6.07, 6.45) is 0.939. The van der Waals surface area contributed by atoms with Crippen LogP contribution in [0.1, 0.15) is 13.3 Å². The monoisotopic (exact) mass is 269 g/mol. The number of rotatable bonds is 2. The van der Waals surface area contributed by atoms with Gasteiger partial charge in [-0.25, -0.2) is 0 Å². The first-order valence-electron chi connectivity index (χ1n) is 5.92. The molecule has 0 bridgehead atoms. The summed E-state index contributed by atoms with van der Waals surface area (Å²) in [4.78, 5) is 12.6. The van der Waals surface area contributed by atoms with Crippen molar-refractivity contribution in [3.05, 3.63) is 33.3 Å². The van der Waals surface area contributed by atoms with Gasteiger partial charge in [0.2, 0.25) is 0 Å². The standard InChI is InChI=1S/C12H16ClN3O2/c1-8-5-9(14)7-15(6-8)12-10(13)3-2-4-11(12)16(17)18/h2-4,8-9H,5-7,14H2,1H3. The third-order valence-corrected chi connectivity index (χ3v) is 3.48. The largest absolute Gasteiger partial charge is 0.363 e. The van der Waals surface area contributed by atoms with Gasteiger partial charge in [-0.3, -0.25) is 10.1 Å². The van der Waals surface area contributed by atoms with E-state index in [-0.39, 0.29) is 11.7 Å². The van der Waals surface area contributed by atoms with E-state index < -0.39 is 4.92 Å². The van der Waals surface area contributed by atoms with Gasteiger partial charge in [0.05, 0.1) is 9.95 Å². The summed E-state index contributed by atoms with van der Waals surface area (Å²) in [7, 11) is 0. The lowest BCUT2D eigenvalue weighted by molar-refractivity contribution is -0.384. The number of nitrogens with two attached hydrogens (primary N) is 1. The van der Waals surface area contributed by atoms with E-state index in [4.69, 9.17) is 17.3 Å². The quantitative estimate of drug-likeness (QED) is 0.661. The summed E-state index contributed by atoms with van der Waals surface area (Å²) in [5.74, 6) is 0.407. The molecule has 1 aliphatic heterocycles. The summed E-state index contributed by atoms with van der Waals surface area (Å²) in [6.45, 7) is 3.45. The molecule has 0 saturated carbocycles. The number of piperidine rings is 1. The Balaban J connectivity index is 2.40. The molecule has 2 unspecified atom stereocenters. The van der Waals surface area contributed by atoms with E-state index in [2.05, 4.69) is 6.92 Å². The Hall–Kier alpha value is -1.33. The normalized spacial score (nSPS) is 24.1. The van der Waals surface area contributed by atoms with Crippen LogP contribution in [-0.4, -0.2) is 24.1 Å². The molecule has 5 nitrogen and oxygen atoms in total. The van der Waals surface area contributed by atoms with E-state index in [1.165, 1.54) is 6.07 Å². The van der Waals surface area contributed by atoms with Gasteiger partial charge in [0.25, 0.3) is 5.69 Å². The van der Waals surface area contributed by atoms with Crippen LogP contribution >= 0.6 is 11.6 Å². The molecule has 0 spiro atoms. The zero-order valence-corrected chi connectivity index (χ0v) is 10.9. The molecule has 1 aromatic carbocycles. The summed E-state index contributed by atoms with van der Waals surface area (Å²) in [5.41, 5.74) is 6.51. The van der Waals surface area contributed by atoms with Gasteiger partial charge in [0.15, 0.2) is 0 Å². The minimum absolute atomic E-state index is 0.0321. The number of nitro benzene ring substituents is 1. The number of nitro groups is 1. The lowest BCUT2D eigenvalue weighted by Crippen LogP contribution is -2.46. The molecule has 6 heteroatoms. The summed E-state index contributed by atoms with van der Waals surface area (Å²) in [5, 5.41) is 11.5. The third-order valence-electron chi connectivity index (χ3n) is 3.17. The van der Waals surface area contributed by atoms with Gasteiger partial charge in [0, 0.05) is 25.2 Å². The average molecular weight is 270 g/mol. The van der Waals surface area contributed by atoms with Gasteiger partial charge in [-0.1, -0.05) is 24.6 Å². The van der Waals surface area contributed by atoms with Crippen molar-refractivity contribution in [1.82, 2.24) is 0 Å². The van der Waals surface area contributed by atoms with Crippen molar-refractivity contribution in [2.75, 3.05) is 18.0 Å². The van der Waals surface area contributed by atoms with Crippen LogP contribution in [0.3, 0.4) is 0 Å². The van der Waals surface area contributed by atoms with E-state index in [0.29, 0.717) is 23.2 Å². The van der Waals surface area contributed by atoms with Crippen LogP contribution in [0.5, 0.6) is 0 Å². The highest BCUT2D eigenvalue weighted by molar-refractivity contribution is 6.33. The molecule has 2 N–H and O–H groups in total. The van der Waals surface area contributed by atoms with Gasteiger partial charge < -0.3 is 10.6 Å². The van der Waals surface area contributed by atoms with E-state index >= 15 is 0 Å². The lowest BCUT2D eigenvalue weighted by Gasteiger charge is -2.36. The molecule has 1 saturated heterocycles. The lowest BCUT2D eigenvalue weighted by atomic mass is 9.96. The third kappa shape index (κ3) is 2.57. The predicted molar refractivity (Wildman–Crippen MR) is 72.1 cm³/mol. The van der Waals surface area contributed by atoms with Gasteiger partial charge in [-0.15, -0.1) is 0 Å². The van der Waals surface area contributed by atoms with E-state index in [1.807, 2.05) is 4.90 Å². The van der Waals surface area contributed by atoms with Crippen LogP contribution in [0.25, 0.3) is 0 Å². The number of hydrogen-bond acceptors (Lipinski definition) is 4. The maximum absolute atomic E-state index is 11.1. The van der Waals surface area contributed by atoms with E-state index in [9.17, 15) is 10.1 Å². The number of halogens is 1. The molecule has 98 valence electrons. The Bertz CT molecular complexity index is 457. The Labute approximate surface area is 111 Å². The molecule has 0 radical (unpaired) electrons. The molecule has 1 fully saturated rings. The average Bonchev–Trinajstić information content (AvgIpc) is 2.26. The highest BCUT2D eigenvalue weighted by Crippen LogP contribution is 2.37. The minimum atomic E-state index is -0.397. The van der Waals surface area contributed by atoms with Gasteiger partial charge in [0.1, 0.15) is 5.69 Å². The smallest absolute Gasteiger partial charge is 0.294 e. The number of para-hydroxylation sites is 1. The van der Waals surface area contributed by atoms with Crippen LogP contribution in [-0.2, 0) is 0 Å². The van der Waals surface area contributed by atoms with Crippen molar-refractivity contribution < 1.29 is 4.92 Å². The van der Waals surface area contributed by atoms with Crippen LogP contribution in [0, 0.1) is 16.0 Å². The molecule has 2 atom stereocenters. The van der Waals surface area contributed by atoms with Crippen LogP contribution in [0.4, 0.5) is 11.4 Å². The first kappa shape index (κ1) is 13.1. The maximum Gasteiger partial charge on any atom is 0.294 e. The minimum Gasteiger partial charge on any atom is -0.363 e.